The van der Waals surface area contributed by atoms with E-state index in [9.17, 15) is 0 Å². The van der Waals surface area contributed by atoms with Crippen LogP contribution in [-0.2, 0) is 9.47 Å². The smallest absolute Gasteiger partial charge is 0.184 e. The Bertz CT molecular complexity index is 246. The first-order chi connectivity index (χ1) is 5.86. The maximum absolute atomic E-state index is 5.53. The predicted octanol–water partition coefficient (Wildman–Crippen LogP) is 3.39. The van der Waals surface area contributed by atoms with Crippen LogP contribution in [0.3, 0.4) is 0 Å². The minimum absolute atomic E-state index is 0. The third-order valence-corrected chi connectivity index (χ3v) is 1.91. The van der Waals surface area contributed by atoms with Gasteiger partial charge >= 0.3 is 0 Å². The van der Waals surface area contributed by atoms with Crippen molar-refractivity contribution in [3.05, 3.63) is 35.9 Å². The SMILES string of the molecule is C.C.CC1COC(c2ccccc2)O1. The van der Waals surface area contributed by atoms with Crippen molar-refractivity contribution >= 4 is 0 Å². The lowest BCUT2D eigenvalue weighted by molar-refractivity contribution is -0.0572. The zero-order chi connectivity index (χ0) is 8.39. The Hall–Kier alpha value is -0.860. The van der Waals surface area contributed by atoms with Gasteiger partial charge in [0.15, 0.2) is 6.29 Å². The molecule has 1 aromatic rings. The molecule has 0 amide bonds. The first kappa shape index (κ1) is 13.1. The van der Waals surface area contributed by atoms with E-state index in [4.69, 9.17) is 9.47 Å². The summed E-state index contributed by atoms with van der Waals surface area (Å²) in [7, 11) is 0. The molecule has 0 saturated carbocycles. The molecular formula is C12H20O2. The molecule has 2 rings (SSSR count). The Kier molecular flexibility index (Phi) is 5.43. The summed E-state index contributed by atoms with van der Waals surface area (Å²) in [6, 6.07) is 10.0. The van der Waals surface area contributed by atoms with Crippen LogP contribution in [0.1, 0.15) is 33.6 Å². The van der Waals surface area contributed by atoms with Gasteiger partial charge in [-0.25, -0.2) is 0 Å². The zero-order valence-electron chi connectivity index (χ0n) is 7.07. The summed E-state index contributed by atoms with van der Waals surface area (Å²) < 4.78 is 11.0. The molecule has 0 N–H and O–H groups in total. The molecular weight excluding hydrogens is 176 g/mol. The van der Waals surface area contributed by atoms with E-state index < -0.39 is 0 Å². The van der Waals surface area contributed by atoms with Crippen molar-refractivity contribution in [1.82, 2.24) is 0 Å². The van der Waals surface area contributed by atoms with Gasteiger partial charge in [0.1, 0.15) is 0 Å². The molecule has 0 bridgehead atoms. The molecule has 1 heterocycles. The van der Waals surface area contributed by atoms with Gasteiger partial charge < -0.3 is 9.47 Å². The predicted molar refractivity (Wildman–Crippen MR) is 59.1 cm³/mol. The Morgan fingerprint density at radius 1 is 1.14 bits per heavy atom. The van der Waals surface area contributed by atoms with E-state index >= 15 is 0 Å². The van der Waals surface area contributed by atoms with Gasteiger partial charge in [-0.05, 0) is 6.92 Å². The third kappa shape index (κ3) is 2.82. The van der Waals surface area contributed by atoms with Crippen LogP contribution in [0.15, 0.2) is 30.3 Å². The van der Waals surface area contributed by atoms with Gasteiger partial charge in [0.05, 0.1) is 12.7 Å². The zero-order valence-corrected chi connectivity index (χ0v) is 7.07. The Morgan fingerprint density at radius 3 is 2.29 bits per heavy atom. The molecule has 0 aromatic heterocycles. The molecule has 1 aliphatic heterocycles. The van der Waals surface area contributed by atoms with Crippen molar-refractivity contribution in [3.8, 4) is 0 Å². The van der Waals surface area contributed by atoms with Gasteiger partial charge in [0.25, 0.3) is 0 Å². The van der Waals surface area contributed by atoms with Gasteiger partial charge in [-0.3, -0.25) is 0 Å². The fraction of sp³-hybridized carbons (Fsp3) is 0.500. The van der Waals surface area contributed by atoms with Gasteiger partial charge in [-0.15, -0.1) is 0 Å². The van der Waals surface area contributed by atoms with Crippen LogP contribution in [0, 0.1) is 0 Å². The van der Waals surface area contributed by atoms with Crippen LogP contribution >= 0.6 is 0 Å². The topological polar surface area (TPSA) is 18.5 Å². The van der Waals surface area contributed by atoms with Crippen molar-refractivity contribution in [1.29, 1.82) is 0 Å². The molecule has 1 aromatic carbocycles. The second kappa shape index (κ2) is 5.78. The minimum atomic E-state index is -0.152. The quantitative estimate of drug-likeness (QED) is 0.685. The second-order valence-electron chi connectivity index (χ2n) is 3.02. The number of benzene rings is 1. The van der Waals surface area contributed by atoms with E-state index in [1.807, 2.05) is 37.3 Å². The Morgan fingerprint density at radius 2 is 1.79 bits per heavy atom. The summed E-state index contributed by atoms with van der Waals surface area (Å²) >= 11 is 0. The van der Waals surface area contributed by atoms with Crippen LogP contribution in [-0.4, -0.2) is 12.7 Å². The van der Waals surface area contributed by atoms with Crippen LogP contribution in [0.4, 0.5) is 0 Å². The number of ether oxygens (including phenoxy) is 2. The summed E-state index contributed by atoms with van der Waals surface area (Å²) in [6.07, 6.45) is 0.0661. The lowest BCUT2D eigenvalue weighted by Gasteiger charge is -2.08. The molecule has 2 unspecified atom stereocenters. The maximum Gasteiger partial charge on any atom is 0.184 e. The fourth-order valence-corrected chi connectivity index (χ4v) is 1.30. The van der Waals surface area contributed by atoms with E-state index in [2.05, 4.69) is 0 Å². The molecule has 14 heavy (non-hydrogen) atoms. The molecule has 1 saturated heterocycles. The number of hydrogen-bond donors (Lipinski definition) is 0. The van der Waals surface area contributed by atoms with Gasteiger partial charge in [-0.2, -0.15) is 0 Å². The summed E-state index contributed by atoms with van der Waals surface area (Å²) in [5.41, 5.74) is 1.10. The van der Waals surface area contributed by atoms with E-state index in [1.165, 1.54) is 0 Å². The van der Waals surface area contributed by atoms with Gasteiger partial charge in [0.2, 0.25) is 0 Å². The maximum atomic E-state index is 5.53. The van der Waals surface area contributed by atoms with Crippen LogP contribution in [0.25, 0.3) is 0 Å². The van der Waals surface area contributed by atoms with Crippen molar-refractivity contribution in [2.24, 2.45) is 0 Å². The standard InChI is InChI=1S/C10H12O2.2CH4/c1-8-7-11-10(12-8)9-5-3-2-4-6-9;;/h2-6,8,10H,7H2,1H3;2*1H4. The van der Waals surface area contributed by atoms with Gasteiger partial charge in [0, 0.05) is 5.56 Å². The lowest BCUT2D eigenvalue weighted by Crippen LogP contribution is -2.02. The van der Waals surface area contributed by atoms with Crippen LogP contribution < -0.4 is 0 Å². The van der Waals surface area contributed by atoms with Crippen molar-refractivity contribution < 1.29 is 9.47 Å². The van der Waals surface area contributed by atoms with E-state index in [1.54, 1.807) is 0 Å². The highest BCUT2D eigenvalue weighted by molar-refractivity contribution is 5.16. The summed E-state index contributed by atoms with van der Waals surface area (Å²) in [4.78, 5) is 0. The third-order valence-electron chi connectivity index (χ3n) is 1.91. The Balaban J connectivity index is 0.000000845. The molecule has 0 spiro atoms. The molecule has 1 aliphatic rings. The molecule has 80 valence electrons. The average molecular weight is 196 g/mol. The van der Waals surface area contributed by atoms with Gasteiger partial charge in [-0.1, -0.05) is 45.2 Å². The molecule has 2 atom stereocenters. The number of rotatable bonds is 1. The molecule has 0 radical (unpaired) electrons. The number of hydrogen-bond acceptors (Lipinski definition) is 2. The molecule has 2 heteroatoms. The lowest BCUT2D eigenvalue weighted by atomic mass is 10.2. The highest BCUT2D eigenvalue weighted by Crippen LogP contribution is 2.25. The Labute approximate surface area is 86.9 Å². The monoisotopic (exact) mass is 196 g/mol. The molecule has 1 fully saturated rings. The second-order valence-corrected chi connectivity index (χ2v) is 3.02. The van der Waals surface area contributed by atoms with Crippen molar-refractivity contribution in [2.75, 3.05) is 6.61 Å². The fourth-order valence-electron chi connectivity index (χ4n) is 1.30. The van der Waals surface area contributed by atoms with Crippen molar-refractivity contribution in [2.45, 2.75) is 34.2 Å². The summed E-state index contributed by atoms with van der Waals surface area (Å²) in [5, 5.41) is 0. The highest BCUT2D eigenvalue weighted by Gasteiger charge is 2.23. The average Bonchev–Trinajstić information content (AvgIpc) is 2.54. The molecule has 2 nitrogen and oxygen atoms in total. The van der Waals surface area contributed by atoms with Crippen LogP contribution in [0.5, 0.6) is 0 Å². The largest absolute Gasteiger partial charge is 0.346 e. The van der Waals surface area contributed by atoms with Crippen molar-refractivity contribution in [3.63, 3.8) is 0 Å². The first-order valence-electron chi connectivity index (χ1n) is 4.18. The highest BCUT2D eigenvalue weighted by atomic mass is 16.7. The summed E-state index contributed by atoms with van der Waals surface area (Å²) in [6.45, 7) is 2.71. The summed E-state index contributed by atoms with van der Waals surface area (Å²) in [5.74, 6) is 0. The normalized spacial score (nSPS) is 24.9. The minimum Gasteiger partial charge on any atom is -0.346 e. The first-order valence-corrected chi connectivity index (χ1v) is 4.18. The van der Waals surface area contributed by atoms with E-state index in [0.717, 1.165) is 5.56 Å². The molecule has 0 aliphatic carbocycles. The van der Waals surface area contributed by atoms with E-state index in [0.29, 0.717) is 6.61 Å². The van der Waals surface area contributed by atoms with Crippen LogP contribution in [0.2, 0.25) is 0 Å². The van der Waals surface area contributed by atoms with E-state index in [-0.39, 0.29) is 27.2 Å².